The molecule has 0 heterocycles. The molecule has 0 aromatic heterocycles. The molecule has 1 aromatic rings. The van der Waals surface area contributed by atoms with Gasteiger partial charge in [0.2, 0.25) is 0 Å². The molecule has 2 atom stereocenters. The largest absolute Gasteiger partial charge is 0.508 e. The van der Waals surface area contributed by atoms with E-state index in [9.17, 15) is 5.11 Å². The van der Waals surface area contributed by atoms with Crippen LogP contribution < -0.4 is 5.32 Å². The number of hydrogen-bond acceptors (Lipinski definition) is 2. The molecule has 0 radical (unpaired) electrons. The van der Waals surface area contributed by atoms with E-state index in [0.29, 0.717) is 17.2 Å². The van der Waals surface area contributed by atoms with Crippen LogP contribution in [0.25, 0.3) is 0 Å². The highest BCUT2D eigenvalue weighted by Crippen LogP contribution is 2.40. The minimum Gasteiger partial charge on any atom is -0.508 e. The van der Waals surface area contributed by atoms with Crippen molar-refractivity contribution in [2.75, 3.05) is 6.54 Å². The fourth-order valence-corrected chi connectivity index (χ4v) is 3.05. The molecule has 94 valence electrons. The van der Waals surface area contributed by atoms with Gasteiger partial charge in [0.1, 0.15) is 5.75 Å². The molecule has 0 spiro atoms. The van der Waals surface area contributed by atoms with Crippen molar-refractivity contribution in [3.05, 3.63) is 29.8 Å². The predicted octanol–water partition coefficient (Wildman–Crippen LogP) is 3.10. The van der Waals surface area contributed by atoms with Gasteiger partial charge in [-0.2, -0.15) is 0 Å². The van der Waals surface area contributed by atoms with Gasteiger partial charge in [0.25, 0.3) is 0 Å². The van der Waals surface area contributed by atoms with Gasteiger partial charge in [0, 0.05) is 6.04 Å². The normalized spacial score (nSPS) is 28.5. The Hall–Kier alpha value is -1.02. The zero-order valence-corrected chi connectivity index (χ0v) is 10.9. The van der Waals surface area contributed by atoms with Gasteiger partial charge < -0.3 is 10.4 Å². The van der Waals surface area contributed by atoms with Crippen molar-refractivity contribution in [3.63, 3.8) is 0 Å². The maximum Gasteiger partial charge on any atom is 0.115 e. The fraction of sp³-hybridized carbons (Fsp3) is 0.600. The number of nitrogens with one attached hydrogen (secondary N) is 1. The molecule has 1 aliphatic carbocycles. The maximum atomic E-state index is 9.28. The number of benzene rings is 1. The van der Waals surface area contributed by atoms with E-state index >= 15 is 0 Å². The Bertz CT molecular complexity index is 360. The highest BCUT2D eigenvalue weighted by atomic mass is 16.3. The molecule has 2 rings (SSSR count). The minimum absolute atomic E-state index is 0.357. The Kier molecular flexibility index (Phi) is 3.72. The highest BCUT2D eigenvalue weighted by molar-refractivity contribution is 5.26. The highest BCUT2D eigenvalue weighted by Gasteiger charge is 2.34. The maximum absolute atomic E-state index is 9.28. The molecule has 0 bridgehead atoms. The Morgan fingerprint density at radius 3 is 2.71 bits per heavy atom. The second-order valence-electron chi connectivity index (χ2n) is 5.65. The second kappa shape index (κ2) is 5.09. The lowest BCUT2D eigenvalue weighted by molar-refractivity contribution is 0.322. The monoisotopic (exact) mass is 233 g/mol. The summed E-state index contributed by atoms with van der Waals surface area (Å²) in [4.78, 5) is 0. The summed E-state index contributed by atoms with van der Waals surface area (Å²) in [5.74, 6) is 0.357. The third-order valence-electron chi connectivity index (χ3n) is 3.90. The van der Waals surface area contributed by atoms with Gasteiger partial charge in [-0.25, -0.2) is 0 Å². The van der Waals surface area contributed by atoms with Crippen LogP contribution >= 0.6 is 0 Å². The van der Waals surface area contributed by atoms with Crippen LogP contribution in [0.5, 0.6) is 5.75 Å². The molecule has 1 aromatic carbocycles. The number of hydrogen-bond donors (Lipinski definition) is 2. The van der Waals surface area contributed by atoms with E-state index in [1.54, 1.807) is 12.1 Å². The molecular weight excluding hydrogens is 210 g/mol. The molecule has 2 heteroatoms. The predicted molar refractivity (Wildman–Crippen MR) is 71.2 cm³/mol. The first-order chi connectivity index (χ1) is 8.11. The zero-order chi connectivity index (χ0) is 12.3. The number of phenolic OH excluding ortho intramolecular Hbond substituents is 1. The molecule has 0 aliphatic heterocycles. The van der Waals surface area contributed by atoms with E-state index in [0.717, 1.165) is 13.0 Å². The Morgan fingerprint density at radius 2 is 2.06 bits per heavy atom. The van der Waals surface area contributed by atoms with Gasteiger partial charge >= 0.3 is 0 Å². The van der Waals surface area contributed by atoms with Crippen molar-refractivity contribution in [1.29, 1.82) is 0 Å². The van der Waals surface area contributed by atoms with E-state index in [4.69, 9.17) is 0 Å². The Balaban J connectivity index is 1.96. The van der Waals surface area contributed by atoms with Crippen LogP contribution in [0.2, 0.25) is 0 Å². The van der Waals surface area contributed by atoms with E-state index < -0.39 is 0 Å². The summed E-state index contributed by atoms with van der Waals surface area (Å²) >= 11 is 0. The van der Waals surface area contributed by atoms with Gasteiger partial charge in [-0.05, 0) is 55.3 Å². The van der Waals surface area contributed by atoms with Crippen molar-refractivity contribution in [1.82, 2.24) is 5.32 Å². The molecular formula is C15H23NO. The lowest BCUT2D eigenvalue weighted by Gasteiger charge is -2.24. The van der Waals surface area contributed by atoms with Gasteiger partial charge in [-0.15, -0.1) is 0 Å². The average molecular weight is 233 g/mol. The summed E-state index contributed by atoms with van der Waals surface area (Å²) in [6, 6.07) is 8.36. The Morgan fingerprint density at radius 1 is 1.35 bits per heavy atom. The third kappa shape index (κ3) is 3.22. The quantitative estimate of drug-likeness (QED) is 0.837. The Labute approximate surface area is 104 Å². The lowest BCUT2D eigenvalue weighted by Crippen LogP contribution is -2.28. The molecule has 1 fully saturated rings. The molecule has 1 aliphatic rings. The number of rotatable bonds is 4. The lowest BCUT2D eigenvalue weighted by atomic mass is 9.82. The van der Waals surface area contributed by atoms with Crippen LogP contribution in [-0.4, -0.2) is 17.7 Å². The summed E-state index contributed by atoms with van der Waals surface area (Å²) in [6.45, 7) is 5.63. The third-order valence-corrected chi connectivity index (χ3v) is 3.90. The first kappa shape index (κ1) is 12.4. The van der Waals surface area contributed by atoms with E-state index in [1.807, 2.05) is 12.1 Å². The minimum atomic E-state index is 0.357. The molecule has 2 N–H and O–H groups in total. The van der Waals surface area contributed by atoms with Crippen LogP contribution in [0, 0.1) is 5.41 Å². The molecule has 2 unspecified atom stereocenters. The smallest absolute Gasteiger partial charge is 0.115 e. The summed E-state index contributed by atoms with van der Waals surface area (Å²) in [7, 11) is 0. The van der Waals surface area contributed by atoms with Crippen LogP contribution in [0.1, 0.15) is 38.7 Å². The van der Waals surface area contributed by atoms with Crippen LogP contribution in [0.15, 0.2) is 24.3 Å². The first-order valence-electron chi connectivity index (χ1n) is 6.63. The molecule has 1 saturated carbocycles. The van der Waals surface area contributed by atoms with Crippen molar-refractivity contribution in [3.8, 4) is 5.75 Å². The van der Waals surface area contributed by atoms with E-state index in [1.165, 1.54) is 24.8 Å². The molecule has 2 nitrogen and oxygen atoms in total. The van der Waals surface area contributed by atoms with Gasteiger partial charge in [-0.1, -0.05) is 26.0 Å². The summed E-state index contributed by atoms with van der Waals surface area (Å²) in [6.07, 6.45) is 4.98. The topological polar surface area (TPSA) is 32.3 Å². The molecule has 0 amide bonds. The molecule has 17 heavy (non-hydrogen) atoms. The fourth-order valence-electron chi connectivity index (χ4n) is 3.05. The van der Waals surface area contributed by atoms with Crippen molar-refractivity contribution < 1.29 is 5.11 Å². The van der Waals surface area contributed by atoms with E-state index in [2.05, 4.69) is 19.2 Å². The van der Waals surface area contributed by atoms with Crippen molar-refractivity contribution >= 4 is 0 Å². The second-order valence-corrected chi connectivity index (χ2v) is 5.65. The zero-order valence-electron chi connectivity index (χ0n) is 10.9. The number of aromatic hydroxyl groups is 1. The SMILES string of the molecule is CCNC1CCC(C)(Cc2ccc(O)cc2)C1. The van der Waals surface area contributed by atoms with Crippen molar-refractivity contribution in [2.24, 2.45) is 5.41 Å². The van der Waals surface area contributed by atoms with Crippen molar-refractivity contribution in [2.45, 2.75) is 45.6 Å². The van der Waals surface area contributed by atoms with Crippen LogP contribution in [0.4, 0.5) is 0 Å². The van der Waals surface area contributed by atoms with Crippen LogP contribution in [0.3, 0.4) is 0 Å². The van der Waals surface area contributed by atoms with Gasteiger partial charge in [0.05, 0.1) is 0 Å². The van der Waals surface area contributed by atoms with E-state index in [-0.39, 0.29) is 0 Å². The summed E-state index contributed by atoms with van der Waals surface area (Å²) in [5.41, 5.74) is 1.76. The number of phenols is 1. The first-order valence-corrected chi connectivity index (χ1v) is 6.63. The standard InChI is InChI=1S/C15H23NO/c1-3-16-13-8-9-15(2,11-13)10-12-4-6-14(17)7-5-12/h4-7,13,16-17H,3,8-11H2,1-2H3. The summed E-state index contributed by atoms with van der Waals surface area (Å²) < 4.78 is 0. The molecule has 0 saturated heterocycles. The van der Waals surface area contributed by atoms with Gasteiger partial charge in [-0.3, -0.25) is 0 Å². The summed E-state index contributed by atoms with van der Waals surface area (Å²) in [5, 5.41) is 12.8. The average Bonchev–Trinajstić information content (AvgIpc) is 2.64. The van der Waals surface area contributed by atoms with Gasteiger partial charge in [0.15, 0.2) is 0 Å². The van der Waals surface area contributed by atoms with Crippen LogP contribution in [-0.2, 0) is 6.42 Å².